The van der Waals surface area contributed by atoms with Gasteiger partial charge in [-0.05, 0) is 72.8 Å². The lowest BCUT2D eigenvalue weighted by molar-refractivity contribution is 0.114. The predicted molar refractivity (Wildman–Crippen MR) is 106 cm³/mol. The predicted octanol–water partition coefficient (Wildman–Crippen LogP) is 7.09. The fraction of sp³-hybridized carbons (Fsp3) is 0.583. The highest BCUT2D eigenvalue weighted by atomic mass is 19.1. The average molecular weight is 355 g/mol. The van der Waals surface area contributed by atoms with Crippen LogP contribution in [0.1, 0.15) is 69.8 Å². The van der Waals surface area contributed by atoms with Gasteiger partial charge in [0, 0.05) is 5.39 Å². The minimum absolute atomic E-state index is 0.241. The van der Waals surface area contributed by atoms with Gasteiger partial charge in [-0.3, -0.25) is 0 Å². The van der Waals surface area contributed by atoms with Crippen LogP contribution in [0.3, 0.4) is 0 Å². The van der Waals surface area contributed by atoms with Crippen molar-refractivity contribution in [3.05, 3.63) is 41.7 Å². The van der Waals surface area contributed by atoms with E-state index in [2.05, 4.69) is 19.1 Å². The van der Waals surface area contributed by atoms with E-state index in [0.717, 1.165) is 23.1 Å². The third kappa shape index (κ3) is 3.35. The smallest absolute Gasteiger partial charge is 0.172 e. The molecule has 0 amide bonds. The summed E-state index contributed by atoms with van der Waals surface area (Å²) in [7, 11) is 1.52. The molecule has 140 valence electrons. The SMILES string of the molecule is CCCC1CCC2CC(c3ccc4c(F)c(OC)ccc4c3)CCC2C1. The fourth-order valence-electron chi connectivity index (χ4n) is 5.66. The van der Waals surface area contributed by atoms with E-state index >= 15 is 0 Å². The molecule has 2 aromatic carbocycles. The van der Waals surface area contributed by atoms with Crippen LogP contribution in [-0.2, 0) is 0 Å². The second-order valence-corrected chi connectivity index (χ2v) is 8.56. The van der Waals surface area contributed by atoms with Gasteiger partial charge in [-0.25, -0.2) is 4.39 Å². The van der Waals surface area contributed by atoms with Crippen molar-refractivity contribution in [1.82, 2.24) is 0 Å². The lowest BCUT2D eigenvalue weighted by Crippen LogP contribution is -2.30. The van der Waals surface area contributed by atoms with Crippen molar-refractivity contribution in [2.45, 2.75) is 64.2 Å². The summed E-state index contributed by atoms with van der Waals surface area (Å²) in [5.74, 6) is 3.58. The molecule has 0 spiro atoms. The molecule has 26 heavy (non-hydrogen) atoms. The molecule has 1 nitrogen and oxygen atoms in total. The summed E-state index contributed by atoms with van der Waals surface area (Å²) in [6.07, 6.45) is 11.1. The van der Waals surface area contributed by atoms with Crippen molar-refractivity contribution in [2.24, 2.45) is 17.8 Å². The number of fused-ring (bicyclic) bond motifs is 2. The molecule has 0 aromatic heterocycles. The molecule has 4 rings (SSSR count). The van der Waals surface area contributed by atoms with Crippen molar-refractivity contribution in [3.63, 3.8) is 0 Å². The van der Waals surface area contributed by atoms with Crippen LogP contribution >= 0.6 is 0 Å². The van der Waals surface area contributed by atoms with Crippen LogP contribution < -0.4 is 4.74 Å². The van der Waals surface area contributed by atoms with E-state index in [4.69, 9.17) is 4.74 Å². The first-order valence-electron chi connectivity index (χ1n) is 10.5. The van der Waals surface area contributed by atoms with Gasteiger partial charge in [0.2, 0.25) is 0 Å². The van der Waals surface area contributed by atoms with E-state index < -0.39 is 0 Å². The zero-order chi connectivity index (χ0) is 18.1. The minimum Gasteiger partial charge on any atom is -0.494 e. The van der Waals surface area contributed by atoms with Gasteiger partial charge in [0.05, 0.1) is 7.11 Å². The molecular formula is C24H31FO. The van der Waals surface area contributed by atoms with Crippen LogP contribution in [0.15, 0.2) is 30.3 Å². The van der Waals surface area contributed by atoms with Crippen molar-refractivity contribution < 1.29 is 9.13 Å². The topological polar surface area (TPSA) is 9.23 Å². The van der Waals surface area contributed by atoms with Gasteiger partial charge in [-0.15, -0.1) is 0 Å². The van der Waals surface area contributed by atoms with Gasteiger partial charge in [0.15, 0.2) is 11.6 Å². The molecule has 0 heterocycles. The normalized spacial score (nSPS) is 28.7. The Balaban J connectivity index is 1.50. The lowest BCUT2D eigenvalue weighted by atomic mass is 9.63. The number of ether oxygens (including phenoxy) is 1. The third-order valence-electron chi connectivity index (χ3n) is 7.05. The molecule has 2 aromatic rings. The number of rotatable bonds is 4. The van der Waals surface area contributed by atoms with E-state index in [1.165, 1.54) is 64.0 Å². The monoisotopic (exact) mass is 354 g/mol. The first-order valence-corrected chi connectivity index (χ1v) is 10.5. The van der Waals surface area contributed by atoms with Crippen molar-refractivity contribution in [2.75, 3.05) is 7.11 Å². The van der Waals surface area contributed by atoms with E-state index in [1.54, 1.807) is 6.07 Å². The molecule has 2 saturated carbocycles. The molecule has 2 fully saturated rings. The molecule has 4 unspecified atom stereocenters. The quantitative estimate of drug-likeness (QED) is 0.569. The first kappa shape index (κ1) is 17.8. The Labute approximate surface area is 156 Å². The van der Waals surface area contributed by atoms with Crippen LogP contribution in [0, 0.1) is 23.6 Å². The second kappa shape index (κ2) is 7.58. The molecule has 2 heteroatoms. The maximum atomic E-state index is 14.4. The maximum absolute atomic E-state index is 14.4. The number of hydrogen-bond donors (Lipinski definition) is 0. The summed E-state index contributed by atoms with van der Waals surface area (Å²) >= 11 is 0. The Morgan fingerprint density at radius 3 is 2.62 bits per heavy atom. The Hall–Kier alpha value is -1.57. The van der Waals surface area contributed by atoms with Crippen LogP contribution in [0.4, 0.5) is 4.39 Å². The zero-order valence-electron chi connectivity index (χ0n) is 16.1. The molecule has 4 atom stereocenters. The van der Waals surface area contributed by atoms with E-state index in [1.807, 2.05) is 12.1 Å². The number of methoxy groups -OCH3 is 1. The number of benzene rings is 2. The summed E-state index contributed by atoms with van der Waals surface area (Å²) < 4.78 is 19.5. The van der Waals surface area contributed by atoms with Gasteiger partial charge in [-0.1, -0.05) is 50.5 Å². The summed E-state index contributed by atoms with van der Waals surface area (Å²) in [6.45, 7) is 2.32. The third-order valence-corrected chi connectivity index (χ3v) is 7.05. The maximum Gasteiger partial charge on any atom is 0.172 e. The van der Waals surface area contributed by atoms with E-state index in [9.17, 15) is 4.39 Å². The molecule has 0 saturated heterocycles. The minimum atomic E-state index is -0.241. The highest BCUT2D eigenvalue weighted by molar-refractivity contribution is 5.85. The summed E-state index contributed by atoms with van der Waals surface area (Å²) in [6, 6.07) is 10.0. The molecule has 0 bridgehead atoms. The van der Waals surface area contributed by atoms with Crippen molar-refractivity contribution in [3.8, 4) is 5.75 Å². The zero-order valence-corrected chi connectivity index (χ0v) is 16.1. The van der Waals surface area contributed by atoms with Crippen molar-refractivity contribution >= 4 is 10.8 Å². The molecule has 0 N–H and O–H groups in total. The standard InChI is InChI=1S/C24H31FO/c1-3-4-16-5-6-18-14-19(8-7-17(18)13-16)20-9-11-22-21(15-20)10-12-23(26-2)24(22)25/h9-12,15-19H,3-8,13-14H2,1-2H3. The van der Waals surface area contributed by atoms with Crippen LogP contribution in [0.5, 0.6) is 5.75 Å². The van der Waals surface area contributed by atoms with Gasteiger partial charge in [0.1, 0.15) is 0 Å². The van der Waals surface area contributed by atoms with Crippen LogP contribution in [0.2, 0.25) is 0 Å². The van der Waals surface area contributed by atoms with Crippen LogP contribution in [0.25, 0.3) is 10.8 Å². The van der Waals surface area contributed by atoms with E-state index in [0.29, 0.717) is 17.1 Å². The number of halogens is 1. The van der Waals surface area contributed by atoms with Gasteiger partial charge in [-0.2, -0.15) is 0 Å². The van der Waals surface area contributed by atoms with Crippen molar-refractivity contribution in [1.29, 1.82) is 0 Å². The Morgan fingerprint density at radius 2 is 1.81 bits per heavy atom. The van der Waals surface area contributed by atoms with Gasteiger partial charge >= 0.3 is 0 Å². The highest BCUT2D eigenvalue weighted by Crippen LogP contribution is 2.48. The molecule has 2 aliphatic rings. The van der Waals surface area contributed by atoms with Gasteiger partial charge < -0.3 is 4.74 Å². The fourth-order valence-corrected chi connectivity index (χ4v) is 5.66. The van der Waals surface area contributed by atoms with E-state index in [-0.39, 0.29) is 5.82 Å². The largest absolute Gasteiger partial charge is 0.494 e. The first-order chi connectivity index (χ1) is 12.7. The summed E-state index contributed by atoms with van der Waals surface area (Å²) in [4.78, 5) is 0. The average Bonchev–Trinajstić information content (AvgIpc) is 2.68. The Morgan fingerprint density at radius 1 is 1.00 bits per heavy atom. The second-order valence-electron chi connectivity index (χ2n) is 8.56. The van der Waals surface area contributed by atoms with Gasteiger partial charge in [0.25, 0.3) is 0 Å². The highest BCUT2D eigenvalue weighted by Gasteiger charge is 2.35. The molecule has 2 aliphatic carbocycles. The molecule has 0 radical (unpaired) electrons. The summed E-state index contributed by atoms with van der Waals surface area (Å²) in [5, 5.41) is 1.66. The van der Waals surface area contributed by atoms with Crippen LogP contribution in [-0.4, -0.2) is 7.11 Å². The molecule has 0 aliphatic heterocycles. The Kier molecular flexibility index (Phi) is 5.20. The molecular weight excluding hydrogens is 323 g/mol. The number of hydrogen-bond acceptors (Lipinski definition) is 1. The lowest BCUT2D eigenvalue weighted by Gasteiger charge is -2.42. The Bertz CT molecular complexity index is 768. The summed E-state index contributed by atoms with van der Waals surface area (Å²) in [5.41, 5.74) is 1.40.